The summed E-state index contributed by atoms with van der Waals surface area (Å²) in [6.07, 6.45) is 2.34. The molecule has 1 aromatic heterocycles. The first-order valence-corrected chi connectivity index (χ1v) is 7.60. The molecule has 1 heterocycles. The topological polar surface area (TPSA) is 28.7 Å². The van der Waals surface area contributed by atoms with Crippen LogP contribution in [0, 0.1) is 23.0 Å². The number of alkyl halides is 3. The maximum atomic E-state index is 13.9. The van der Waals surface area contributed by atoms with Crippen molar-refractivity contribution in [3.63, 3.8) is 0 Å². The lowest BCUT2D eigenvalue weighted by molar-refractivity contribution is 0.516. The van der Waals surface area contributed by atoms with Crippen molar-refractivity contribution in [2.45, 2.75) is 8.81 Å². The minimum atomic E-state index is -2.66. The van der Waals surface area contributed by atoms with E-state index in [-0.39, 0.29) is 14.9 Å². The molecule has 0 atom stereocenters. The van der Waals surface area contributed by atoms with E-state index in [0.29, 0.717) is 11.8 Å². The Kier molecular flexibility index (Phi) is 4.83. The van der Waals surface area contributed by atoms with Gasteiger partial charge in [0.1, 0.15) is 11.8 Å². The van der Waals surface area contributed by atoms with Crippen LogP contribution in [0.1, 0.15) is 5.56 Å². The van der Waals surface area contributed by atoms with Gasteiger partial charge in [0.25, 0.3) is 0 Å². The van der Waals surface area contributed by atoms with Crippen molar-refractivity contribution in [2.24, 2.45) is 0 Å². The Balaban J connectivity index is 2.55. The number of aromatic nitrogens is 1. The summed E-state index contributed by atoms with van der Waals surface area (Å²) in [7, 11) is 0. The molecule has 0 saturated heterocycles. The van der Waals surface area contributed by atoms with Gasteiger partial charge >= 0.3 is 3.92 Å². The SMILES string of the molecule is N#Cc1cn(-c2c(F)cc(Br)cc2F)cc1SC(F)(Cl)Cl. The second-order valence-electron chi connectivity index (χ2n) is 3.82. The molecule has 0 N–H and O–H groups in total. The first-order chi connectivity index (χ1) is 9.71. The first kappa shape index (κ1) is 16.6. The largest absolute Gasteiger partial charge is 0.316 e. The van der Waals surface area contributed by atoms with Crippen LogP contribution >= 0.6 is 50.9 Å². The molecule has 2 rings (SSSR count). The average molecular weight is 416 g/mol. The molecule has 0 aliphatic rings. The Hall–Kier alpha value is -0.810. The number of nitriles is 1. The summed E-state index contributed by atoms with van der Waals surface area (Å²) < 4.78 is 39.6. The van der Waals surface area contributed by atoms with Crippen molar-refractivity contribution in [3.05, 3.63) is 46.2 Å². The fraction of sp³-hybridized carbons (Fsp3) is 0.0833. The average Bonchev–Trinajstić information content (AvgIpc) is 2.67. The highest BCUT2D eigenvalue weighted by Crippen LogP contribution is 2.43. The molecule has 0 bridgehead atoms. The molecule has 0 unspecified atom stereocenters. The van der Waals surface area contributed by atoms with Crippen molar-refractivity contribution in [1.29, 1.82) is 5.26 Å². The van der Waals surface area contributed by atoms with Gasteiger partial charge in [0.05, 0.1) is 5.56 Å². The Morgan fingerprint density at radius 3 is 2.29 bits per heavy atom. The zero-order valence-electron chi connectivity index (χ0n) is 9.88. The van der Waals surface area contributed by atoms with Crippen molar-refractivity contribution in [1.82, 2.24) is 4.57 Å². The number of rotatable bonds is 3. The minimum absolute atomic E-state index is 0.00922. The standard InChI is InChI=1S/C12H4BrCl2F3N2S/c13-7-1-8(16)11(9(17)2-7)20-4-6(3-19)10(5-20)21-12(14,15)18/h1-2,4-5H. The smallest absolute Gasteiger partial charge is 0.309 e. The lowest BCUT2D eigenvalue weighted by Gasteiger charge is -2.08. The van der Waals surface area contributed by atoms with E-state index in [1.54, 1.807) is 6.07 Å². The highest BCUT2D eigenvalue weighted by molar-refractivity contribution is 9.10. The van der Waals surface area contributed by atoms with E-state index < -0.39 is 21.2 Å². The van der Waals surface area contributed by atoms with E-state index in [1.807, 2.05) is 0 Å². The van der Waals surface area contributed by atoms with Crippen molar-refractivity contribution >= 4 is 50.9 Å². The van der Waals surface area contributed by atoms with Gasteiger partial charge in [0.2, 0.25) is 0 Å². The quantitative estimate of drug-likeness (QED) is 0.486. The van der Waals surface area contributed by atoms with Crippen LogP contribution in [-0.2, 0) is 0 Å². The van der Waals surface area contributed by atoms with Crippen molar-refractivity contribution < 1.29 is 13.2 Å². The van der Waals surface area contributed by atoms with Crippen LogP contribution in [0.3, 0.4) is 0 Å². The van der Waals surface area contributed by atoms with Crippen LogP contribution in [0.5, 0.6) is 0 Å². The first-order valence-electron chi connectivity index (χ1n) is 5.24. The number of thioether (sulfide) groups is 1. The zero-order valence-corrected chi connectivity index (χ0v) is 13.8. The monoisotopic (exact) mass is 414 g/mol. The van der Waals surface area contributed by atoms with Gasteiger partial charge in [-0.3, -0.25) is 0 Å². The maximum absolute atomic E-state index is 13.9. The predicted molar refractivity (Wildman–Crippen MR) is 79.5 cm³/mol. The highest BCUT2D eigenvalue weighted by Gasteiger charge is 2.27. The van der Waals surface area contributed by atoms with Gasteiger partial charge in [-0.25, -0.2) is 8.78 Å². The molecule has 110 valence electrons. The van der Waals surface area contributed by atoms with Crippen LogP contribution in [-0.4, -0.2) is 8.49 Å². The van der Waals surface area contributed by atoms with Gasteiger partial charge in [-0.15, -0.1) is 0 Å². The second kappa shape index (κ2) is 6.13. The lowest BCUT2D eigenvalue weighted by atomic mass is 10.3. The fourth-order valence-corrected chi connectivity index (χ4v) is 3.16. The number of hydrogen-bond acceptors (Lipinski definition) is 2. The molecule has 0 saturated carbocycles. The molecule has 2 nitrogen and oxygen atoms in total. The van der Waals surface area contributed by atoms with E-state index in [9.17, 15) is 13.2 Å². The van der Waals surface area contributed by atoms with Crippen LogP contribution in [0.25, 0.3) is 5.69 Å². The van der Waals surface area contributed by atoms with Gasteiger partial charge in [-0.2, -0.15) is 9.65 Å². The summed E-state index contributed by atoms with van der Waals surface area (Å²) in [5, 5.41) is 8.98. The molecule has 9 heteroatoms. The minimum Gasteiger partial charge on any atom is -0.316 e. The molecule has 1 aromatic carbocycles. The van der Waals surface area contributed by atoms with E-state index in [2.05, 4.69) is 15.9 Å². The highest BCUT2D eigenvalue weighted by atomic mass is 79.9. The Morgan fingerprint density at radius 2 is 1.81 bits per heavy atom. The molecule has 0 aliphatic carbocycles. The predicted octanol–water partition coefficient (Wildman–Crippen LogP) is 5.54. The van der Waals surface area contributed by atoms with Gasteiger partial charge in [0.15, 0.2) is 11.6 Å². The number of nitrogens with zero attached hydrogens (tertiary/aromatic N) is 2. The number of hydrogen-bond donors (Lipinski definition) is 0. The number of benzene rings is 1. The second-order valence-corrected chi connectivity index (χ2v) is 7.63. The molecule has 0 amide bonds. The molecule has 0 fully saturated rings. The van der Waals surface area contributed by atoms with Crippen LogP contribution in [0.4, 0.5) is 13.2 Å². The van der Waals surface area contributed by atoms with E-state index in [0.717, 1.165) is 22.9 Å². The van der Waals surface area contributed by atoms with Gasteiger partial charge in [-0.05, 0) is 23.9 Å². The Bertz CT molecular complexity index is 714. The molecule has 2 aromatic rings. The summed E-state index contributed by atoms with van der Waals surface area (Å²) in [5.41, 5.74) is -0.403. The third kappa shape index (κ3) is 3.89. The van der Waals surface area contributed by atoms with Crippen LogP contribution in [0.15, 0.2) is 33.9 Å². The zero-order chi connectivity index (χ0) is 15.8. The molecular formula is C12H4BrCl2F3N2S. The fourth-order valence-electron chi connectivity index (χ4n) is 1.64. The molecule has 0 aliphatic heterocycles. The summed E-state index contributed by atoms with van der Waals surface area (Å²) >= 11 is 13.8. The molecule has 0 spiro atoms. The van der Waals surface area contributed by atoms with E-state index >= 15 is 0 Å². The van der Waals surface area contributed by atoms with E-state index in [4.69, 9.17) is 28.5 Å². The molecular weight excluding hydrogens is 412 g/mol. The molecule has 21 heavy (non-hydrogen) atoms. The van der Waals surface area contributed by atoms with Crippen molar-refractivity contribution in [2.75, 3.05) is 0 Å². The van der Waals surface area contributed by atoms with Crippen LogP contribution < -0.4 is 0 Å². The third-order valence-electron chi connectivity index (χ3n) is 2.38. The summed E-state index contributed by atoms with van der Waals surface area (Å²) in [6, 6.07) is 3.92. The Morgan fingerprint density at radius 1 is 1.24 bits per heavy atom. The number of halogens is 6. The van der Waals surface area contributed by atoms with Crippen molar-refractivity contribution in [3.8, 4) is 11.8 Å². The van der Waals surface area contributed by atoms with E-state index in [1.165, 1.54) is 6.20 Å². The Labute approximate surface area is 140 Å². The maximum Gasteiger partial charge on any atom is 0.309 e. The van der Waals surface area contributed by atoms with Crippen LogP contribution in [0.2, 0.25) is 0 Å². The van der Waals surface area contributed by atoms with Gasteiger partial charge in [-0.1, -0.05) is 39.1 Å². The summed E-state index contributed by atoms with van der Waals surface area (Å²) in [5.74, 6) is -1.69. The normalized spacial score (nSPS) is 11.5. The summed E-state index contributed by atoms with van der Waals surface area (Å²) in [4.78, 5) is 0.0618. The molecule has 0 radical (unpaired) electrons. The lowest BCUT2D eigenvalue weighted by Crippen LogP contribution is -1.99. The summed E-state index contributed by atoms with van der Waals surface area (Å²) in [6.45, 7) is 0. The van der Waals surface area contributed by atoms with Gasteiger partial charge in [0, 0.05) is 21.8 Å². The third-order valence-corrected chi connectivity index (χ3v) is 4.07. The van der Waals surface area contributed by atoms with Gasteiger partial charge < -0.3 is 4.57 Å².